The predicted octanol–water partition coefficient (Wildman–Crippen LogP) is 8.51. The fourth-order valence-electron chi connectivity index (χ4n) is 5.36. The Morgan fingerprint density at radius 1 is 0.634 bits per heavy atom. The maximum atomic E-state index is 9.03. The Morgan fingerprint density at radius 3 is 2.17 bits per heavy atom. The topological polar surface area (TPSA) is 68.1 Å². The van der Waals surface area contributed by atoms with Crippen molar-refractivity contribution in [3.63, 3.8) is 0 Å². The van der Waals surface area contributed by atoms with Crippen molar-refractivity contribution < 1.29 is 9.68 Å². The summed E-state index contributed by atoms with van der Waals surface area (Å²) in [4.78, 5) is 14.9. The lowest BCUT2D eigenvalue weighted by atomic mass is 9.97. The first-order chi connectivity index (χ1) is 20.2. The van der Waals surface area contributed by atoms with Gasteiger partial charge in [0, 0.05) is 42.0 Å². The molecule has 4 aromatic carbocycles. The molecule has 8 aromatic rings. The van der Waals surface area contributed by atoms with Gasteiger partial charge in [-0.25, -0.2) is 15.0 Å². The van der Waals surface area contributed by atoms with Crippen LogP contribution in [-0.2, 0) is 0 Å². The molecule has 0 amide bonds. The third-order valence-electron chi connectivity index (χ3n) is 7.22. The zero-order chi connectivity index (χ0) is 27.3. The summed E-state index contributed by atoms with van der Waals surface area (Å²) in [5, 5.41) is 12.6. The molecule has 193 valence electrons. The van der Waals surface area contributed by atoms with Crippen LogP contribution in [-0.4, -0.2) is 27.7 Å². The van der Waals surface area contributed by atoms with Gasteiger partial charge in [0.15, 0.2) is 5.82 Å². The Kier molecular flexibility index (Phi) is 5.77. The van der Waals surface area contributed by atoms with Crippen LogP contribution in [0.5, 0.6) is 5.75 Å². The lowest BCUT2D eigenvalue weighted by molar-refractivity contribution is 0.454. The minimum Gasteiger partial charge on any atom is -0.537 e. The minimum absolute atomic E-state index is 0.542. The molecule has 8 heteroatoms. The van der Waals surface area contributed by atoms with Gasteiger partial charge in [-0.3, -0.25) is 0 Å². The predicted molar refractivity (Wildman–Crippen MR) is 171 cm³/mol. The summed E-state index contributed by atoms with van der Waals surface area (Å²) in [6.45, 7) is 0. The van der Waals surface area contributed by atoms with E-state index in [1.165, 1.54) is 24.9 Å². The van der Waals surface area contributed by atoms with Crippen LogP contribution in [0.15, 0.2) is 109 Å². The second-order valence-corrected chi connectivity index (χ2v) is 11.8. The van der Waals surface area contributed by atoms with Crippen molar-refractivity contribution in [2.45, 2.75) is 0 Å². The maximum Gasteiger partial charge on any atom is 0.569 e. The Hall–Kier alpha value is -4.63. The van der Waals surface area contributed by atoms with Crippen LogP contribution in [0, 0.1) is 0 Å². The summed E-state index contributed by atoms with van der Waals surface area (Å²) in [6, 6.07) is 35.0. The molecule has 0 unspecified atom stereocenters. The summed E-state index contributed by atoms with van der Waals surface area (Å²) >= 11 is 3.50. The standard InChI is InChI=1S/C33H19BN3O2S2/c38-34-39-21-14-12-19(13-15-21)25-16-20(22-8-5-11-29-31(22)23-6-1-3-9-27(23)40-29)17-26(36-25)33-35-18-30-32(37-33)24-7-2-4-10-28(24)41-30/h1-18,38H. The second-order valence-electron chi connectivity index (χ2n) is 9.66. The fraction of sp³-hybridized carbons (Fsp3) is 0. The van der Waals surface area contributed by atoms with Crippen molar-refractivity contribution in [2.24, 2.45) is 0 Å². The van der Waals surface area contributed by atoms with E-state index >= 15 is 0 Å². The van der Waals surface area contributed by atoms with Gasteiger partial charge >= 0.3 is 7.69 Å². The van der Waals surface area contributed by atoms with Gasteiger partial charge in [-0.1, -0.05) is 48.5 Å². The molecule has 0 aliphatic rings. The van der Waals surface area contributed by atoms with Gasteiger partial charge in [-0.05, 0) is 65.7 Å². The van der Waals surface area contributed by atoms with Gasteiger partial charge in [0.1, 0.15) is 11.4 Å². The summed E-state index contributed by atoms with van der Waals surface area (Å²) < 4.78 is 9.87. The SMILES string of the molecule is O[B]Oc1ccc(-c2cc(-c3cccc4sc5ccccc5c34)cc(-c3ncc4sc5ccccc5c4n3)n2)cc1. The highest BCUT2D eigenvalue weighted by atomic mass is 32.1. The second kappa shape index (κ2) is 9.78. The molecular formula is C33H19BN3O2S2. The molecule has 5 nitrogen and oxygen atoms in total. The third kappa shape index (κ3) is 4.16. The Bertz CT molecular complexity index is 2240. The first-order valence-electron chi connectivity index (χ1n) is 13.1. The average molecular weight is 564 g/mol. The Balaban J connectivity index is 1.37. The molecule has 0 fully saturated rings. The number of fused-ring (bicyclic) bond motifs is 6. The number of thiophene rings is 2. The van der Waals surface area contributed by atoms with Crippen LogP contribution in [0.2, 0.25) is 0 Å². The zero-order valence-corrected chi connectivity index (χ0v) is 23.1. The number of aromatic nitrogens is 3. The first kappa shape index (κ1) is 24.2. The van der Waals surface area contributed by atoms with E-state index in [0.717, 1.165) is 38.0 Å². The van der Waals surface area contributed by atoms with Crippen LogP contribution in [0.1, 0.15) is 0 Å². The molecule has 0 saturated carbocycles. The van der Waals surface area contributed by atoms with Gasteiger partial charge in [-0.2, -0.15) is 0 Å². The normalized spacial score (nSPS) is 11.5. The molecule has 0 saturated heterocycles. The van der Waals surface area contributed by atoms with Crippen LogP contribution < -0.4 is 4.65 Å². The van der Waals surface area contributed by atoms with Gasteiger partial charge in [0.25, 0.3) is 0 Å². The maximum absolute atomic E-state index is 9.03. The molecule has 41 heavy (non-hydrogen) atoms. The molecule has 0 aliphatic carbocycles. The number of hydrogen-bond acceptors (Lipinski definition) is 7. The van der Waals surface area contributed by atoms with Gasteiger partial charge in [0.2, 0.25) is 0 Å². The smallest absolute Gasteiger partial charge is 0.537 e. The first-order valence-corrected chi connectivity index (χ1v) is 14.7. The molecule has 4 heterocycles. The van der Waals surface area contributed by atoms with Gasteiger partial charge in [0.05, 0.1) is 15.9 Å². The Morgan fingerprint density at radius 2 is 1.34 bits per heavy atom. The van der Waals surface area contributed by atoms with E-state index in [2.05, 4.69) is 66.7 Å². The number of rotatable bonds is 5. The molecular weight excluding hydrogens is 545 g/mol. The van der Waals surface area contributed by atoms with E-state index in [9.17, 15) is 0 Å². The van der Waals surface area contributed by atoms with Crippen molar-refractivity contribution in [3.8, 4) is 39.7 Å². The number of nitrogens with zero attached hydrogens (tertiary/aromatic N) is 3. The Labute approximate surface area is 243 Å². The highest BCUT2D eigenvalue weighted by molar-refractivity contribution is 7.26. The van der Waals surface area contributed by atoms with E-state index in [0.29, 0.717) is 25.0 Å². The quantitative estimate of drug-likeness (QED) is 0.212. The van der Waals surface area contributed by atoms with Crippen molar-refractivity contribution in [2.75, 3.05) is 0 Å². The molecule has 1 N–H and O–H groups in total. The van der Waals surface area contributed by atoms with Crippen LogP contribution in [0.3, 0.4) is 0 Å². The zero-order valence-electron chi connectivity index (χ0n) is 21.5. The molecule has 0 aliphatic heterocycles. The lowest BCUT2D eigenvalue weighted by Crippen LogP contribution is -1.99. The molecule has 1 radical (unpaired) electrons. The van der Waals surface area contributed by atoms with Gasteiger partial charge in [-0.15, -0.1) is 22.7 Å². The molecule has 8 rings (SSSR count). The number of benzene rings is 4. The van der Waals surface area contributed by atoms with E-state index in [1.54, 1.807) is 22.7 Å². The van der Waals surface area contributed by atoms with E-state index in [-0.39, 0.29) is 0 Å². The van der Waals surface area contributed by atoms with Crippen molar-refractivity contribution in [1.29, 1.82) is 0 Å². The number of hydrogen-bond donors (Lipinski definition) is 1. The third-order valence-corrected chi connectivity index (χ3v) is 9.45. The fourth-order valence-corrected chi connectivity index (χ4v) is 7.51. The summed E-state index contributed by atoms with van der Waals surface area (Å²) in [5.41, 5.74) is 5.55. The monoisotopic (exact) mass is 564 g/mol. The highest BCUT2D eigenvalue weighted by Crippen LogP contribution is 2.41. The minimum atomic E-state index is 0.542. The van der Waals surface area contributed by atoms with Gasteiger partial charge < -0.3 is 9.68 Å². The molecule has 0 atom stereocenters. The summed E-state index contributed by atoms with van der Waals surface area (Å²) in [6.07, 6.45) is 1.90. The van der Waals surface area contributed by atoms with Crippen molar-refractivity contribution in [1.82, 2.24) is 15.0 Å². The van der Waals surface area contributed by atoms with Crippen LogP contribution in [0.4, 0.5) is 0 Å². The average Bonchev–Trinajstić information content (AvgIpc) is 3.59. The molecule has 4 aromatic heterocycles. The van der Waals surface area contributed by atoms with Crippen molar-refractivity contribution >= 4 is 70.8 Å². The van der Waals surface area contributed by atoms with E-state index in [1.807, 2.05) is 42.6 Å². The lowest BCUT2D eigenvalue weighted by Gasteiger charge is -2.11. The van der Waals surface area contributed by atoms with E-state index in [4.69, 9.17) is 24.6 Å². The largest absolute Gasteiger partial charge is 0.569 e. The number of pyridine rings is 1. The van der Waals surface area contributed by atoms with E-state index < -0.39 is 0 Å². The van der Waals surface area contributed by atoms with Crippen molar-refractivity contribution in [3.05, 3.63) is 109 Å². The summed E-state index contributed by atoms with van der Waals surface area (Å²) in [5.74, 6) is 1.13. The summed E-state index contributed by atoms with van der Waals surface area (Å²) in [7, 11) is 0.680. The molecule has 0 bridgehead atoms. The highest BCUT2D eigenvalue weighted by Gasteiger charge is 2.16. The van der Waals surface area contributed by atoms with Crippen LogP contribution in [0.25, 0.3) is 74.4 Å². The molecule has 0 spiro atoms. The van der Waals surface area contributed by atoms with Crippen LogP contribution >= 0.6 is 22.7 Å².